The van der Waals surface area contributed by atoms with Gasteiger partial charge in [0.25, 0.3) is 5.91 Å². The summed E-state index contributed by atoms with van der Waals surface area (Å²) in [4.78, 5) is 24.0. The van der Waals surface area contributed by atoms with Gasteiger partial charge in [0.1, 0.15) is 0 Å². The first-order chi connectivity index (χ1) is 10.1. The molecule has 1 aliphatic carbocycles. The zero-order chi connectivity index (χ0) is 15.2. The molecule has 1 fully saturated rings. The molecule has 0 aliphatic heterocycles. The normalized spacial score (nSPS) is 21.6. The van der Waals surface area contributed by atoms with Crippen LogP contribution in [0.3, 0.4) is 0 Å². The maximum absolute atomic E-state index is 12.2. The van der Waals surface area contributed by atoms with Crippen molar-refractivity contribution in [3.63, 3.8) is 0 Å². The van der Waals surface area contributed by atoms with E-state index in [0.717, 1.165) is 31.2 Å². The fraction of sp³-hybridized carbons (Fsp3) is 0.529. The summed E-state index contributed by atoms with van der Waals surface area (Å²) in [5.74, 6) is -0.126. The minimum Gasteiger partial charge on any atom is -0.469 e. The smallest absolute Gasteiger partial charge is 0.309 e. The Labute approximate surface area is 125 Å². The molecule has 2 atom stereocenters. The molecular formula is C17H23NO3. The monoisotopic (exact) mass is 289 g/mol. The van der Waals surface area contributed by atoms with Crippen molar-refractivity contribution in [2.24, 2.45) is 11.8 Å². The summed E-state index contributed by atoms with van der Waals surface area (Å²) < 4.78 is 4.88. The Bertz CT molecular complexity index is 513. The topological polar surface area (TPSA) is 55.4 Å². The molecule has 114 valence electrons. The minimum absolute atomic E-state index is 0.0760. The van der Waals surface area contributed by atoms with Gasteiger partial charge in [-0.3, -0.25) is 9.59 Å². The molecule has 0 heterocycles. The molecule has 0 bridgehead atoms. The number of amides is 1. The largest absolute Gasteiger partial charge is 0.469 e. The van der Waals surface area contributed by atoms with Crippen molar-refractivity contribution in [3.8, 4) is 0 Å². The molecular weight excluding hydrogens is 266 g/mol. The number of methoxy groups -OCH3 is 1. The number of nitrogens with one attached hydrogen (secondary N) is 1. The molecule has 0 spiro atoms. The van der Waals surface area contributed by atoms with E-state index >= 15 is 0 Å². The van der Waals surface area contributed by atoms with Gasteiger partial charge in [0.05, 0.1) is 13.0 Å². The van der Waals surface area contributed by atoms with Crippen LogP contribution in [0, 0.1) is 18.8 Å². The van der Waals surface area contributed by atoms with E-state index in [9.17, 15) is 9.59 Å². The van der Waals surface area contributed by atoms with Gasteiger partial charge in [0.2, 0.25) is 0 Å². The van der Waals surface area contributed by atoms with Crippen molar-refractivity contribution in [2.45, 2.75) is 32.6 Å². The average molecular weight is 289 g/mol. The van der Waals surface area contributed by atoms with E-state index in [-0.39, 0.29) is 23.7 Å². The summed E-state index contributed by atoms with van der Waals surface area (Å²) in [5, 5.41) is 2.96. The van der Waals surface area contributed by atoms with Crippen LogP contribution in [0.4, 0.5) is 0 Å². The Kier molecular flexibility index (Phi) is 5.37. The van der Waals surface area contributed by atoms with Gasteiger partial charge in [0, 0.05) is 12.1 Å². The maximum atomic E-state index is 12.2. The van der Waals surface area contributed by atoms with Crippen molar-refractivity contribution in [2.75, 3.05) is 13.7 Å². The van der Waals surface area contributed by atoms with Crippen molar-refractivity contribution < 1.29 is 14.3 Å². The molecule has 1 aromatic rings. The first-order valence-corrected chi connectivity index (χ1v) is 7.54. The van der Waals surface area contributed by atoms with E-state index in [2.05, 4.69) is 5.32 Å². The highest BCUT2D eigenvalue weighted by Gasteiger charge is 2.31. The molecule has 0 radical (unpaired) electrons. The Balaban J connectivity index is 1.94. The molecule has 1 amide bonds. The van der Waals surface area contributed by atoms with Crippen LogP contribution >= 0.6 is 0 Å². The molecule has 21 heavy (non-hydrogen) atoms. The second kappa shape index (κ2) is 7.25. The van der Waals surface area contributed by atoms with Gasteiger partial charge >= 0.3 is 5.97 Å². The van der Waals surface area contributed by atoms with E-state index in [0.29, 0.717) is 12.1 Å². The van der Waals surface area contributed by atoms with Crippen LogP contribution in [-0.4, -0.2) is 25.5 Å². The van der Waals surface area contributed by atoms with Crippen LogP contribution in [0.1, 0.15) is 41.6 Å². The molecule has 2 unspecified atom stereocenters. The minimum atomic E-state index is -0.149. The van der Waals surface area contributed by atoms with E-state index in [1.165, 1.54) is 7.11 Å². The average Bonchev–Trinajstić information content (AvgIpc) is 2.52. The van der Waals surface area contributed by atoms with Crippen LogP contribution in [0.2, 0.25) is 0 Å². The van der Waals surface area contributed by atoms with E-state index in [1.54, 1.807) is 6.07 Å². The number of esters is 1. The highest BCUT2D eigenvalue weighted by Crippen LogP contribution is 2.30. The van der Waals surface area contributed by atoms with Crippen molar-refractivity contribution in [1.82, 2.24) is 5.32 Å². The van der Waals surface area contributed by atoms with Gasteiger partial charge < -0.3 is 10.1 Å². The molecule has 0 saturated heterocycles. The van der Waals surface area contributed by atoms with Crippen LogP contribution in [0.5, 0.6) is 0 Å². The van der Waals surface area contributed by atoms with E-state index < -0.39 is 0 Å². The number of carbonyl (C=O) groups excluding carboxylic acids is 2. The van der Waals surface area contributed by atoms with Crippen LogP contribution in [0.15, 0.2) is 24.3 Å². The molecule has 1 aromatic carbocycles. The Morgan fingerprint density at radius 3 is 2.76 bits per heavy atom. The summed E-state index contributed by atoms with van der Waals surface area (Å²) in [6.45, 7) is 2.50. The zero-order valence-electron chi connectivity index (χ0n) is 12.7. The first-order valence-electron chi connectivity index (χ1n) is 7.54. The maximum Gasteiger partial charge on any atom is 0.309 e. The van der Waals surface area contributed by atoms with Crippen molar-refractivity contribution >= 4 is 11.9 Å². The second-order valence-electron chi connectivity index (χ2n) is 5.75. The summed E-state index contributed by atoms with van der Waals surface area (Å²) in [6.07, 6.45) is 3.99. The number of rotatable bonds is 4. The summed E-state index contributed by atoms with van der Waals surface area (Å²) in [5.41, 5.74) is 1.73. The van der Waals surface area contributed by atoms with Gasteiger partial charge in [-0.2, -0.15) is 0 Å². The fourth-order valence-electron chi connectivity index (χ4n) is 3.03. The molecule has 1 saturated carbocycles. The SMILES string of the molecule is COC(=O)C1CCCCC1CNC(=O)c1cccc(C)c1. The van der Waals surface area contributed by atoms with Gasteiger partial charge in [-0.1, -0.05) is 30.5 Å². The van der Waals surface area contributed by atoms with Crippen molar-refractivity contribution in [1.29, 1.82) is 0 Å². The highest BCUT2D eigenvalue weighted by molar-refractivity contribution is 5.94. The predicted molar refractivity (Wildman–Crippen MR) is 81.0 cm³/mol. The molecule has 0 aromatic heterocycles. The fourth-order valence-corrected chi connectivity index (χ4v) is 3.03. The second-order valence-corrected chi connectivity index (χ2v) is 5.75. The summed E-state index contributed by atoms with van der Waals surface area (Å²) in [6, 6.07) is 7.52. The molecule has 4 nitrogen and oxygen atoms in total. The third kappa shape index (κ3) is 4.06. The van der Waals surface area contributed by atoms with E-state index in [4.69, 9.17) is 4.74 Å². The Hall–Kier alpha value is -1.84. The third-order valence-corrected chi connectivity index (χ3v) is 4.22. The van der Waals surface area contributed by atoms with Gasteiger partial charge in [-0.15, -0.1) is 0 Å². The first kappa shape index (κ1) is 15.5. The summed E-state index contributed by atoms with van der Waals surface area (Å²) in [7, 11) is 1.43. The number of aryl methyl sites for hydroxylation is 1. The predicted octanol–water partition coefficient (Wildman–Crippen LogP) is 2.70. The van der Waals surface area contributed by atoms with Gasteiger partial charge in [-0.25, -0.2) is 0 Å². The number of ether oxygens (including phenoxy) is 1. The number of carbonyl (C=O) groups is 2. The lowest BCUT2D eigenvalue weighted by atomic mass is 9.79. The molecule has 2 rings (SSSR count). The van der Waals surface area contributed by atoms with Crippen LogP contribution < -0.4 is 5.32 Å². The lowest BCUT2D eigenvalue weighted by Gasteiger charge is -2.29. The standard InChI is InChI=1S/C17H23NO3/c1-12-6-5-8-13(10-12)16(19)18-11-14-7-3-4-9-15(14)17(20)21-2/h5-6,8,10,14-15H,3-4,7,9,11H2,1-2H3,(H,18,19). The number of benzene rings is 1. The quantitative estimate of drug-likeness (QED) is 0.867. The lowest BCUT2D eigenvalue weighted by molar-refractivity contribution is -0.148. The molecule has 1 N–H and O–H groups in total. The molecule has 1 aliphatic rings. The Morgan fingerprint density at radius 1 is 1.29 bits per heavy atom. The van der Waals surface area contributed by atoms with Gasteiger partial charge in [-0.05, 0) is 37.8 Å². The third-order valence-electron chi connectivity index (χ3n) is 4.22. The number of hydrogen-bond donors (Lipinski definition) is 1. The molecule has 4 heteroatoms. The lowest BCUT2D eigenvalue weighted by Crippen LogP contribution is -2.37. The van der Waals surface area contributed by atoms with Crippen LogP contribution in [0.25, 0.3) is 0 Å². The number of hydrogen-bond acceptors (Lipinski definition) is 3. The van der Waals surface area contributed by atoms with Gasteiger partial charge in [0.15, 0.2) is 0 Å². The zero-order valence-corrected chi connectivity index (χ0v) is 12.7. The Morgan fingerprint density at radius 2 is 2.05 bits per heavy atom. The van der Waals surface area contributed by atoms with Crippen LogP contribution in [-0.2, 0) is 9.53 Å². The van der Waals surface area contributed by atoms with E-state index in [1.807, 2.05) is 25.1 Å². The summed E-state index contributed by atoms with van der Waals surface area (Å²) >= 11 is 0. The van der Waals surface area contributed by atoms with Crippen molar-refractivity contribution in [3.05, 3.63) is 35.4 Å². The highest BCUT2D eigenvalue weighted by atomic mass is 16.5.